The van der Waals surface area contributed by atoms with E-state index in [2.05, 4.69) is 20.2 Å². The highest BCUT2D eigenvalue weighted by atomic mass is 32.1. The molecule has 2 fully saturated rings. The Balaban J connectivity index is 1.42. The summed E-state index contributed by atoms with van der Waals surface area (Å²) in [6, 6.07) is 7.95. The van der Waals surface area contributed by atoms with Gasteiger partial charge in [-0.15, -0.1) is 4.98 Å². The number of anilines is 2. The zero-order chi connectivity index (χ0) is 25.6. The van der Waals surface area contributed by atoms with Crippen LogP contribution in [0.25, 0.3) is 4.85 Å². The van der Waals surface area contributed by atoms with Gasteiger partial charge in [0.25, 0.3) is 17.6 Å². The molecule has 1 N–H and O–H groups in total. The van der Waals surface area contributed by atoms with E-state index < -0.39 is 11.4 Å². The summed E-state index contributed by atoms with van der Waals surface area (Å²) in [5.74, 6) is -0.787. The van der Waals surface area contributed by atoms with Gasteiger partial charge < -0.3 is 15.1 Å². The Morgan fingerprint density at radius 1 is 1.28 bits per heavy atom. The van der Waals surface area contributed by atoms with Crippen molar-refractivity contribution < 1.29 is 14.0 Å². The summed E-state index contributed by atoms with van der Waals surface area (Å²) in [5, 5.41) is 6.91. The molecule has 3 heterocycles. The Bertz CT molecular complexity index is 1460. The first-order valence-corrected chi connectivity index (χ1v) is 11.7. The van der Waals surface area contributed by atoms with Crippen molar-refractivity contribution >= 4 is 46.3 Å². The van der Waals surface area contributed by atoms with E-state index in [1.54, 1.807) is 43.1 Å². The number of hydrogen-bond acceptors (Lipinski definition) is 5. The number of thiocarbonyl (C=S) groups is 1. The standard InChI is InChI=1S/C25H22FN7O2S/c1-15-11-18(14-28-21(15)27-2)32-23(35)25(8-4-9-25)33(24(32)36)17-6-5-16(19(26)12-17)13-29-22(34)20-7-10-30-31(20)3/h5-7,10-12,14H,4,8-9,13H2,1,3H3,(H,29,34). The lowest BCUT2D eigenvalue weighted by Gasteiger charge is -2.43. The second kappa shape index (κ2) is 8.80. The number of pyridine rings is 1. The van der Waals surface area contributed by atoms with E-state index in [-0.39, 0.29) is 29.3 Å². The molecule has 182 valence electrons. The van der Waals surface area contributed by atoms with Gasteiger partial charge in [0.05, 0.1) is 5.69 Å². The van der Waals surface area contributed by atoms with Gasteiger partial charge in [0, 0.05) is 31.0 Å². The lowest BCUT2D eigenvalue weighted by molar-refractivity contribution is -0.123. The van der Waals surface area contributed by atoms with Gasteiger partial charge in [0.2, 0.25) is 0 Å². The first-order chi connectivity index (χ1) is 17.3. The predicted octanol–water partition coefficient (Wildman–Crippen LogP) is 3.80. The second-order valence-electron chi connectivity index (χ2n) is 8.89. The summed E-state index contributed by atoms with van der Waals surface area (Å²) in [6.45, 7) is 8.96. The van der Waals surface area contributed by atoms with Gasteiger partial charge in [-0.05, 0) is 68.2 Å². The number of amides is 2. The van der Waals surface area contributed by atoms with Crippen LogP contribution in [0.5, 0.6) is 0 Å². The van der Waals surface area contributed by atoms with E-state index in [1.165, 1.54) is 28.0 Å². The molecule has 2 aromatic heterocycles. The van der Waals surface area contributed by atoms with Gasteiger partial charge in [-0.1, -0.05) is 12.6 Å². The quantitative estimate of drug-likeness (QED) is 0.421. The third-order valence-corrected chi connectivity index (χ3v) is 7.15. The minimum Gasteiger partial charge on any atom is -0.360 e. The predicted molar refractivity (Wildman–Crippen MR) is 135 cm³/mol. The summed E-state index contributed by atoms with van der Waals surface area (Å²) in [4.78, 5) is 36.6. The largest absolute Gasteiger partial charge is 0.360 e. The summed E-state index contributed by atoms with van der Waals surface area (Å²) in [5.41, 5.74) is 1.40. The highest BCUT2D eigenvalue weighted by Crippen LogP contribution is 2.48. The third-order valence-electron chi connectivity index (χ3n) is 6.78. The molecule has 1 aromatic carbocycles. The molecule has 9 nitrogen and oxygen atoms in total. The fourth-order valence-electron chi connectivity index (χ4n) is 4.68. The molecule has 3 aromatic rings. The SMILES string of the molecule is [C-]#[N+]c1ncc(N2C(=O)C3(CCC3)N(c3ccc(CNC(=O)c4ccnn4C)c(F)c3)C2=S)cc1C. The van der Waals surface area contributed by atoms with Gasteiger partial charge in [-0.2, -0.15) is 5.10 Å². The van der Waals surface area contributed by atoms with Crippen molar-refractivity contribution in [2.45, 2.75) is 38.3 Å². The monoisotopic (exact) mass is 503 g/mol. The van der Waals surface area contributed by atoms with Crippen LogP contribution in [-0.2, 0) is 18.4 Å². The van der Waals surface area contributed by atoms with E-state index in [1.807, 2.05) is 0 Å². The van der Waals surface area contributed by atoms with Crippen molar-refractivity contribution in [3.63, 3.8) is 0 Å². The van der Waals surface area contributed by atoms with Crippen molar-refractivity contribution in [1.29, 1.82) is 0 Å². The molecule has 2 aliphatic rings. The van der Waals surface area contributed by atoms with Crippen molar-refractivity contribution in [3.05, 3.63) is 76.8 Å². The third kappa shape index (κ3) is 3.61. The zero-order valence-corrected chi connectivity index (χ0v) is 20.5. The van der Waals surface area contributed by atoms with Crippen LogP contribution in [0.3, 0.4) is 0 Å². The average molecular weight is 504 g/mol. The van der Waals surface area contributed by atoms with Crippen LogP contribution >= 0.6 is 12.2 Å². The lowest BCUT2D eigenvalue weighted by Crippen LogP contribution is -2.55. The van der Waals surface area contributed by atoms with Gasteiger partial charge in [0.15, 0.2) is 5.11 Å². The number of nitrogens with zero attached hydrogens (tertiary/aromatic N) is 6. The Labute approximate surface area is 212 Å². The first kappa shape index (κ1) is 23.6. The molecule has 1 saturated heterocycles. The number of hydrogen-bond donors (Lipinski definition) is 1. The molecule has 2 amide bonds. The molecule has 0 unspecified atom stereocenters. The molecular formula is C25H22FN7O2S. The van der Waals surface area contributed by atoms with Crippen LogP contribution < -0.4 is 15.1 Å². The fourth-order valence-corrected chi connectivity index (χ4v) is 5.15. The van der Waals surface area contributed by atoms with Crippen LogP contribution in [0.4, 0.5) is 21.6 Å². The van der Waals surface area contributed by atoms with E-state index in [4.69, 9.17) is 18.8 Å². The van der Waals surface area contributed by atoms with E-state index >= 15 is 4.39 Å². The second-order valence-corrected chi connectivity index (χ2v) is 9.25. The number of carbonyl (C=O) groups excluding carboxylic acids is 2. The zero-order valence-electron chi connectivity index (χ0n) is 19.7. The summed E-state index contributed by atoms with van der Waals surface area (Å²) in [7, 11) is 1.65. The van der Waals surface area contributed by atoms with E-state index in [0.717, 1.165) is 6.42 Å². The number of nitrogens with one attached hydrogen (secondary N) is 1. The maximum atomic E-state index is 15.2. The molecule has 1 spiro atoms. The van der Waals surface area contributed by atoms with E-state index in [9.17, 15) is 9.59 Å². The Morgan fingerprint density at radius 3 is 2.64 bits per heavy atom. The number of aromatic nitrogens is 3. The highest BCUT2D eigenvalue weighted by Gasteiger charge is 2.59. The lowest BCUT2D eigenvalue weighted by atomic mass is 9.75. The topological polar surface area (TPSA) is 87.7 Å². The molecule has 1 aliphatic heterocycles. The van der Waals surface area contributed by atoms with Gasteiger partial charge >= 0.3 is 0 Å². The summed E-state index contributed by atoms with van der Waals surface area (Å²) < 4.78 is 16.6. The van der Waals surface area contributed by atoms with Crippen LogP contribution in [-0.4, -0.2) is 37.2 Å². The van der Waals surface area contributed by atoms with Crippen LogP contribution in [0.1, 0.15) is 40.9 Å². The van der Waals surface area contributed by atoms with Crippen molar-refractivity contribution in [2.75, 3.05) is 9.80 Å². The summed E-state index contributed by atoms with van der Waals surface area (Å²) in [6.07, 6.45) is 5.03. The Morgan fingerprint density at radius 2 is 2.06 bits per heavy atom. The number of carbonyl (C=O) groups is 2. The molecule has 1 saturated carbocycles. The average Bonchev–Trinajstić information content (AvgIpc) is 3.35. The minimum atomic E-state index is -0.870. The molecule has 0 radical (unpaired) electrons. The normalized spacial score (nSPS) is 16.3. The van der Waals surface area contributed by atoms with E-state index in [0.29, 0.717) is 41.0 Å². The number of halogens is 1. The maximum absolute atomic E-state index is 15.2. The first-order valence-electron chi connectivity index (χ1n) is 11.3. The number of rotatable bonds is 5. The van der Waals surface area contributed by atoms with Crippen molar-refractivity contribution in [1.82, 2.24) is 20.1 Å². The molecule has 5 rings (SSSR count). The molecule has 11 heteroatoms. The number of benzene rings is 1. The van der Waals surface area contributed by atoms with Crippen LogP contribution in [0.15, 0.2) is 42.7 Å². The Kier molecular flexibility index (Phi) is 5.76. The van der Waals surface area contributed by atoms with Crippen molar-refractivity contribution in [2.24, 2.45) is 7.05 Å². The molecule has 1 aliphatic carbocycles. The fraction of sp³-hybridized carbons (Fsp3) is 0.280. The highest BCUT2D eigenvalue weighted by molar-refractivity contribution is 7.81. The van der Waals surface area contributed by atoms with Crippen LogP contribution in [0.2, 0.25) is 0 Å². The van der Waals surface area contributed by atoms with Crippen molar-refractivity contribution in [3.8, 4) is 0 Å². The van der Waals surface area contributed by atoms with Gasteiger partial charge in [-0.25, -0.2) is 4.39 Å². The minimum absolute atomic E-state index is 0.00484. The smallest absolute Gasteiger partial charge is 0.272 e. The molecule has 0 atom stereocenters. The maximum Gasteiger partial charge on any atom is 0.272 e. The summed E-state index contributed by atoms with van der Waals surface area (Å²) >= 11 is 5.73. The molecule has 0 bridgehead atoms. The Hall–Kier alpha value is -4.17. The number of aryl methyl sites for hydroxylation is 2. The van der Waals surface area contributed by atoms with Gasteiger partial charge in [0.1, 0.15) is 23.2 Å². The molecule has 36 heavy (non-hydrogen) atoms. The molecular weight excluding hydrogens is 481 g/mol. The van der Waals surface area contributed by atoms with Gasteiger partial charge in [-0.3, -0.25) is 19.2 Å². The van der Waals surface area contributed by atoms with Crippen LogP contribution in [0, 0.1) is 19.3 Å².